The van der Waals surface area contributed by atoms with E-state index in [1.165, 1.54) is 31.4 Å². The number of hydrogen-bond acceptors (Lipinski definition) is 1. The van der Waals surface area contributed by atoms with Crippen LogP contribution in [0.4, 0.5) is 0 Å². The molecule has 0 nitrogen and oxygen atoms in total. The summed E-state index contributed by atoms with van der Waals surface area (Å²) in [4.78, 5) is 0. The van der Waals surface area contributed by atoms with Gasteiger partial charge in [-0.25, -0.2) is 0 Å². The van der Waals surface area contributed by atoms with Crippen molar-refractivity contribution in [1.82, 2.24) is 0 Å². The fraction of sp³-hybridized carbons (Fsp3) is 1.00. The first-order valence-electron chi connectivity index (χ1n) is 4.69. The Hall–Kier alpha value is 0.350. The second kappa shape index (κ2) is 3.84. The molecule has 1 heteroatoms. The summed E-state index contributed by atoms with van der Waals surface area (Å²) in [5.41, 5.74) is 0.545. The predicted octanol–water partition coefficient (Wildman–Crippen LogP) is 3.71. The molecule has 0 amide bonds. The van der Waals surface area contributed by atoms with Crippen LogP contribution in [0.5, 0.6) is 0 Å². The van der Waals surface area contributed by atoms with Crippen molar-refractivity contribution >= 4 is 11.8 Å². The highest BCUT2D eigenvalue weighted by atomic mass is 32.2. The molecular weight excluding hydrogens is 152 g/mol. The van der Waals surface area contributed by atoms with Crippen LogP contribution in [0, 0.1) is 5.41 Å². The van der Waals surface area contributed by atoms with Gasteiger partial charge in [0.05, 0.1) is 0 Å². The Morgan fingerprint density at radius 3 is 2.55 bits per heavy atom. The smallest absolute Gasteiger partial charge is 0.00475 e. The van der Waals surface area contributed by atoms with Crippen LogP contribution < -0.4 is 0 Å². The molecule has 1 aliphatic heterocycles. The van der Waals surface area contributed by atoms with E-state index >= 15 is 0 Å². The average molecular weight is 172 g/mol. The van der Waals surface area contributed by atoms with Crippen molar-refractivity contribution in [1.29, 1.82) is 0 Å². The Kier molecular flexibility index (Phi) is 3.29. The van der Waals surface area contributed by atoms with Gasteiger partial charge in [0, 0.05) is 5.25 Å². The van der Waals surface area contributed by atoms with Gasteiger partial charge in [-0.2, -0.15) is 11.8 Å². The summed E-state index contributed by atoms with van der Waals surface area (Å²) in [5.74, 6) is 1.41. The third-order valence-corrected chi connectivity index (χ3v) is 3.71. The van der Waals surface area contributed by atoms with E-state index in [0.717, 1.165) is 5.25 Å². The zero-order valence-corrected chi connectivity index (χ0v) is 8.84. The van der Waals surface area contributed by atoms with Crippen LogP contribution >= 0.6 is 11.8 Å². The number of thioether (sulfide) groups is 1. The summed E-state index contributed by atoms with van der Waals surface area (Å²) >= 11 is 2.18. The molecular formula is C10H20S. The van der Waals surface area contributed by atoms with Crippen molar-refractivity contribution in [2.75, 3.05) is 5.75 Å². The third-order valence-electron chi connectivity index (χ3n) is 2.24. The molecule has 0 bridgehead atoms. The maximum absolute atomic E-state index is 2.34. The average Bonchev–Trinajstić information content (AvgIpc) is 2.32. The molecule has 1 heterocycles. The Bertz CT molecular complexity index is 107. The van der Waals surface area contributed by atoms with Gasteiger partial charge in [0.15, 0.2) is 0 Å². The summed E-state index contributed by atoms with van der Waals surface area (Å²) in [6, 6.07) is 0. The van der Waals surface area contributed by atoms with Crippen LogP contribution in [-0.4, -0.2) is 11.0 Å². The normalized spacial score (nSPS) is 25.9. The highest BCUT2D eigenvalue weighted by Gasteiger charge is 2.18. The lowest BCUT2D eigenvalue weighted by Gasteiger charge is -2.19. The highest BCUT2D eigenvalue weighted by molar-refractivity contribution is 8.00. The second-order valence-electron chi connectivity index (χ2n) is 4.73. The van der Waals surface area contributed by atoms with Crippen LogP contribution in [-0.2, 0) is 0 Å². The molecule has 0 aromatic carbocycles. The second-order valence-corrected chi connectivity index (χ2v) is 6.14. The molecule has 0 N–H and O–H groups in total. The van der Waals surface area contributed by atoms with Gasteiger partial charge in [-0.3, -0.25) is 0 Å². The zero-order chi connectivity index (χ0) is 8.32. The summed E-state index contributed by atoms with van der Waals surface area (Å²) in [6.07, 6.45) is 5.76. The third kappa shape index (κ3) is 4.05. The van der Waals surface area contributed by atoms with E-state index in [2.05, 4.69) is 32.5 Å². The molecule has 1 atom stereocenters. The topological polar surface area (TPSA) is 0 Å². The predicted molar refractivity (Wildman–Crippen MR) is 54.2 cm³/mol. The van der Waals surface area contributed by atoms with E-state index in [1.54, 1.807) is 0 Å². The first-order chi connectivity index (χ1) is 5.08. The largest absolute Gasteiger partial charge is 0.159 e. The van der Waals surface area contributed by atoms with E-state index in [0.29, 0.717) is 5.41 Å². The molecule has 1 saturated heterocycles. The van der Waals surface area contributed by atoms with Crippen LogP contribution in [0.15, 0.2) is 0 Å². The Morgan fingerprint density at radius 2 is 2.09 bits per heavy atom. The first kappa shape index (κ1) is 9.44. The molecule has 11 heavy (non-hydrogen) atoms. The molecule has 0 saturated carbocycles. The zero-order valence-electron chi connectivity index (χ0n) is 8.02. The lowest BCUT2D eigenvalue weighted by atomic mass is 9.89. The van der Waals surface area contributed by atoms with Crippen LogP contribution in [0.25, 0.3) is 0 Å². The van der Waals surface area contributed by atoms with Gasteiger partial charge in [0.1, 0.15) is 0 Å². The summed E-state index contributed by atoms with van der Waals surface area (Å²) in [5, 5.41) is 0.995. The van der Waals surface area contributed by atoms with Crippen molar-refractivity contribution in [3.63, 3.8) is 0 Å². The lowest BCUT2D eigenvalue weighted by molar-refractivity contribution is 0.362. The van der Waals surface area contributed by atoms with Crippen molar-refractivity contribution in [2.45, 2.75) is 51.7 Å². The van der Waals surface area contributed by atoms with Gasteiger partial charge in [-0.05, 0) is 36.9 Å². The van der Waals surface area contributed by atoms with E-state index in [-0.39, 0.29) is 0 Å². The molecule has 0 radical (unpaired) electrons. The first-order valence-corrected chi connectivity index (χ1v) is 5.74. The van der Waals surface area contributed by atoms with Crippen LogP contribution in [0.3, 0.4) is 0 Å². The van der Waals surface area contributed by atoms with E-state index in [1.807, 2.05) is 0 Å². The fourth-order valence-electron chi connectivity index (χ4n) is 1.47. The van der Waals surface area contributed by atoms with E-state index in [9.17, 15) is 0 Å². The molecule has 0 aromatic heterocycles. The Balaban J connectivity index is 2.11. The summed E-state index contributed by atoms with van der Waals surface area (Å²) in [6.45, 7) is 7.02. The van der Waals surface area contributed by atoms with Crippen LogP contribution in [0.2, 0.25) is 0 Å². The lowest BCUT2D eigenvalue weighted by Crippen LogP contribution is -2.08. The maximum Gasteiger partial charge on any atom is 0.00475 e. The minimum absolute atomic E-state index is 0.545. The van der Waals surface area contributed by atoms with Crippen molar-refractivity contribution in [3.8, 4) is 0 Å². The Morgan fingerprint density at radius 1 is 1.36 bits per heavy atom. The minimum Gasteiger partial charge on any atom is -0.159 e. The Labute approximate surface area is 75.1 Å². The molecule has 1 aliphatic rings. The van der Waals surface area contributed by atoms with Gasteiger partial charge in [0.2, 0.25) is 0 Å². The standard InChI is InChI=1S/C10H20S/c1-10(2,3)7-6-9-5-4-8-11-9/h9H,4-8H2,1-3H3. The van der Waals surface area contributed by atoms with Crippen molar-refractivity contribution in [3.05, 3.63) is 0 Å². The van der Waals surface area contributed by atoms with E-state index in [4.69, 9.17) is 0 Å². The monoisotopic (exact) mass is 172 g/mol. The number of hydrogen-bond donors (Lipinski definition) is 0. The fourth-order valence-corrected chi connectivity index (χ4v) is 2.75. The van der Waals surface area contributed by atoms with Crippen molar-refractivity contribution in [2.24, 2.45) is 5.41 Å². The summed E-state index contributed by atoms with van der Waals surface area (Å²) < 4.78 is 0. The molecule has 0 aromatic rings. The minimum atomic E-state index is 0.545. The molecule has 0 aliphatic carbocycles. The summed E-state index contributed by atoms with van der Waals surface area (Å²) in [7, 11) is 0. The quantitative estimate of drug-likeness (QED) is 0.612. The van der Waals surface area contributed by atoms with Gasteiger partial charge in [0.25, 0.3) is 0 Å². The molecule has 1 fully saturated rings. The SMILES string of the molecule is CC(C)(C)CCC1CCCS1. The maximum atomic E-state index is 2.34. The molecule has 0 spiro atoms. The van der Waals surface area contributed by atoms with E-state index < -0.39 is 0 Å². The van der Waals surface area contributed by atoms with Crippen LogP contribution in [0.1, 0.15) is 46.5 Å². The number of rotatable bonds is 2. The molecule has 66 valence electrons. The van der Waals surface area contributed by atoms with Crippen molar-refractivity contribution < 1.29 is 0 Å². The molecule has 1 rings (SSSR count). The van der Waals surface area contributed by atoms with Gasteiger partial charge >= 0.3 is 0 Å². The highest BCUT2D eigenvalue weighted by Crippen LogP contribution is 2.33. The molecule has 1 unspecified atom stereocenters. The van der Waals surface area contributed by atoms with Gasteiger partial charge < -0.3 is 0 Å². The van der Waals surface area contributed by atoms with Gasteiger partial charge in [-0.15, -0.1) is 0 Å². The van der Waals surface area contributed by atoms with Gasteiger partial charge in [-0.1, -0.05) is 20.8 Å².